The first-order valence-electron chi connectivity index (χ1n) is 9.51. The van der Waals surface area contributed by atoms with Gasteiger partial charge in [0.15, 0.2) is 0 Å². The highest BCUT2D eigenvalue weighted by molar-refractivity contribution is 5.78. The molecule has 2 atom stereocenters. The normalized spacial score (nSPS) is 20.1. The summed E-state index contributed by atoms with van der Waals surface area (Å²) in [6.07, 6.45) is 5.38. The summed E-state index contributed by atoms with van der Waals surface area (Å²) in [5.74, 6) is 2.26. The number of aryl methyl sites for hydroxylation is 1. The van der Waals surface area contributed by atoms with E-state index in [9.17, 15) is 0 Å². The van der Waals surface area contributed by atoms with Crippen LogP contribution in [0.2, 0.25) is 0 Å². The molecular formula is C21H22N4O2. The second-order valence-corrected chi connectivity index (χ2v) is 7.32. The standard InChI is InChI=1S/C21H22N4O2/c1-13-3-2-4-17(23-13)19-20(14-7-8-22-18(12-14)27-10-9-26)25-16-6-5-15(11-16)21(25)24-19/h2-4,7-8,12,15-16,26H,5-6,9-11H2,1H3. The molecule has 0 aromatic carbocycles. The van der Waals surface area contributed by atoms with Gasteiger partial charge in [0.1, 0.15) is 18.1 Å². The van der Waals surface area contributed by atoms with Crippen molar-refractivity contribution in [2.45, 2.75) is 38.1 Å². The Morgan fingerprint density at radius 1 is 1.22 bits per heavy atom. The van der Waals surface area contributed by atoms with Gasteiger partial charge in [-0.05, 0) is 44.4 Å². The Labute approximate surface area is 157 Å². The van der Waals surface area contributed by atoms with Crippen LogP contribution >= 0.6 is 0 Å². The predicted molar refractivity (Wildman–Crippen MR) is 102 cm³/mol. The number of rotatable bonds is 5. The van der Waals surface area contributed by atoms with Crippen LogP contribution in [0, 0.1) is 6.92 Å². The van der Waals surface area contributed by atoms with Gasteiger partial charge in [0.25, 0.3) is 0 Å². The Hall–Kier alpha value is -2.73. The Morgan fingerprint density at radius 3 is 3.00 bits per heavy atom. The zero-order chi connectivity index (χ0) is 18.4. The molecule has 27 heavy (non-hydrogen) atoms. The van der Waals surface area contributed by atoms with Gasteiger partial charge >= 0.3 is 0 Å². The van der Waals surface area contributed by atoms with E-state index in [4.69, 9.17) is 19.8 Å². The first-order chi connectivity index (χ1) is 13.2. The molecule has 3 aromatic heterocycles. The molecule has 3 aromatic rings. The van der Waals surface area contributed by atoms with Crippen LogP contribution in [-0.4, -0.2) is 37.8 Å². The van der Waals surface area contributed by atoms with Crippen molar-refractivity contribution in [2.75, 3.05) is 13.2 Å². The zero-order valence-corrected chi connectivity index (χ0v) is 15.3. The molecule has 0 radical (unpaired) electrons. The van der Waals surface area contributed by atoms with Gasteiger partial charge in [-0.3, -0.25) is 4.98 Å². The maximum Gasteiger partial charge on any atom is 0.213 e. The number of fused-ring (bicyclic) bond motifs is 5. The zero-order valence-electron chi connectivity index (χ0n) is 15.3. The van der Waals surface area contributed by atoms with Crippen molar-refractivity contribution in [2.24, 2.45) is 0 Å². The van der Waals surface area contributed by atoms with Crippen LogP contribution in [0.5, 0.6) is 5.88 Å². The van der Waals surface area contributed by atoms with E-state index >= 15 is 0 Å². The van der Waals surface area contributed by atoms with Crippen LogP contribution in [0.15, 0.2) is 36.5 Å². The quantitative estimate of drug-likeness (QED) is 0.752. The molecule has 1 saturated carbocycles. The Bertz CT molecular complexity index is 998. The summed E-state index contributed by atoms with van der Waals surface area (Å²) in [4.78, 5) is 14.0. The van der Waals surface area contributed by atoms with Gasteiger partial charge < -0.3 is 14.4 Å². The first kappa shape index (κ1) is 16.4. The molecule has 0 saturated heterocycles. The van der Waals surface area contributed by atoms with Crippen LogP contribution in [0.1, 0.15) is 42.7 Å². The van der Waals surface area contributed by atoms with E-state index < -0.39 is 0 Å². The minimum Gasteiger partial charge on any atom is -0.475 e. The van der Waals surface area contributed by atoms with Gasteiger partial charge in [-0.25, -0.2) is 9.97 Å². The summed E-state index contributed by atoms with van der Waals surface area (Å²) in [5.41, 5.74) is 4.95. The lowest BCUT2D eigenvalue weighted by Gasteiger charge is -2.17. The van der Waals surface area contributed by atoms with Gasteiger partial charge in [0, 0.05) is 35.5 Å². The Kier molecular flexibility index (Phi) is 3.93. The molecular weight excluding hydrogens is 340 g/mol. The molecule has 4 heterocycles. The third kappa shape index (κ3) is 2.72. The van der Waals surface area contributed by atoms with Gasteiger partial charge in [-0.2, -0.15) is 0 Å². The fourth-order valence-electron chi connectivity index (χ4n) is 4.45. The van der Waals surface area contributed by atoms with Crippen LogP contribution in [0.25, 0.3) is 22.6 Å². The molecule has 6 nitrogen and oxygen atoms in total. The van der Waals surface area contributed by atoms with E-state index in [0.717, 1.165) is 28.3 Å². The van der Waals surface area contributed by atoms with E-state index in [-0.39, 0.29) is 13.2 Å². The molecule has 0 amide bonds. The maximum absolute atomic E-state index is 9.02. The second kappa shape index (κ2) is 6.46. The second-order valence-electron chi connectivity index (χ2n) is 7.32. The van der Waals surface area contributed by atoms with E-state index in [1.807, 2.05) is 37.3 Å². The summed E-state index contributed by atoms with van der Waals surface area (Å²) in [6, 6.07) is 10.5. The van der Waals surface area contributed by atoms with Gasteiger partial charge in [-0.15, -0.1) is 0 Å². The molecule has 2 bridgehead atoms. The Balaban J connectivity index is 1.68. The number of imidazole rings is 1. The third-order valence-electron chi connectivity index (χ3n) is 5.55. The minimum atomic E-state index is -0.0315. The molecule has 1 aliphatic heterocycles. The lowest BCUT2D eigenvalue weighted by Crippen LogP contribution is -2.08. The highest BCUT2D eigenvalue weighted by atomic mass is 16.5. The molecule has 0 spiro atoms. The summed E-state index contributed by atoms with van der Waals surface area (Å²) >= 11 is 0. The van der Waals surface area contributed by atoms with Crippen LogP contribution in [-0.2, 0) is 0 Å². The lowest BCUT2D eigenvalue weighted by molar-refractivity contribution is 0.197. The summed E-state index contributed by atoms with van der Waals surface area (Å²) in [5, 5.41) is 9.02. The topological polar surface area (TPSA) is 73.1 Å². The molecule has 1 aliphatic carbocycles. The molecule has 6 heteroatoms. The van der Waals surface area contributed by atoms with Gasteiger partial charge in [-0.1, -0.05) is 6.07 Å². The lowest BCUT2D eigenvalue weighted by atomic mass is 10.1. The molecule has 2 unspecified atom stereocenters. The fraction of sp³-hybridized carbons (Fsp3) is 0.381. The van der Waals surface area contributed by atoms with Crippen molar-refractivity contribution in [3.05, 3.63) is 48.0 Å². The fourth-order valence-corrected chi connectivity index (χ4v) is 4.45. The molecule has 1 N–H and O–H groups in total. The van der Waals surface area contributed by atoms with Crippen molar-refractivity contribution < 1.29 is 9.84 Å². The van der Waals surface area contributed by atoms with E-state index in [0.29, 0.717) is 17.8 Å². The number of aliphatic hydroxyl groups excluding tert-OH is 1. The predicted octanol–water partition coefficient (Wildman–Crippen LogP) is 3.51. The van der Waals surface area contributed by atoms with Gasteiger partial charge in [0.05, 0.1) is 18.0 Å². The van der Waals surface area contributed by atoms with Crippen molar-refractivity contribution in [3.8, 4) is 28.5 Å². The van der Waals surface area contributed by atoms with E-state index in [1.165, 1.54) is 25.1 Å². The van der Waals surface area contributed by atoms with E-state index in [1.54, 1.807) is 6.20 Å². The highest BCUT2D eigenvalue weighted by Gasteiger charge is 2.41. The van der Waals surface area contributed by atoms with Crippen LogP contribution < -0.4 is 4.74 Å². The number of hydrogen-bond acceptors (Lipinski definition) is 5. The van der Waals surface area contributed by atoms with Crippen molar-refractivity contribution in [1.82, 2.24) is 19.5 Å². The number of ether oxygens (including phenoxy) is 1. The molecule has 138 valence electrons. The summed E-state index contributed by atoms with van der Waals surface area (Å²) in [6.45, 7) is 2.21. The van der Waals surface area contributed by atoms with Crippen LogP contribution in [0.3, 0.4) is 0 Å². The molecule has 1 fully saturated rings. The minimum absolute atomic E-state index is 0.0315. The summed E-state index contributed by atoms with van der Waals surface area (Å²) < 4.78 is 7.95. The molecule has 5 rings (SSSR count). The van der Waals surface area contributed by atoms with E-state index in [2.05, 4.69) is 9.55 Å². The summed E-state index contributed by atoms with van der Waals surface area (Å²) in [7, 11) is 0. The highest BCUT2D eigenvalue weighted by Crippen LogP contribution is 2.52. The number of pyridine rings is 2. The average Bonchev–Trinajstić information content (AvgIpc) is 3.38. The van der Waals surface area contributed by atoms with Gasteiger partial charge in [0.2, 0.25) is 5.88 Å². The number of nitrogens with zero attached hydrogens (tertiary/aromatic N) is 4. The average molecular weight is 362 g/mol. The smallest absolute Gasteiger partial charge is 0.213 e. The number of hydrogen-bond donors (Lipinski definition) is 1. The third-order valence-corrected chi connectivity index (χ3v) is 5.55. The van der Waals surface area contributed by atoms with Crippen molar-refractivity contribution in [3.63, 3.8) is 0 Å². The van der Waals surface area contributed by atoms with Crippen molar-refractivity contribution >= 4 is 0 Å². The van der Waals surface area contributed by atoms with Crippen LogP contribution in [0.4, 0.5) is 0 Å². The first-order valence-corrected chi connectivity index (χ1v) is 9.51. The monoisotopic (exact) mass is 362 g/mol. The molecule has 2 aliphatic rings. The Morgan fingerprint density at radius 2 is 2.15 bits per heavy atom. The number of aliphatic hydroxyl groups is 1. The number of aromatic nitrogens is 4. The van der Waals surface area contributed by atoms with Crippen molar-refractivity contribution in [1.29, 1.82) is 0 Å². The largest absolute Gasteiger partial charge is 0.475 e. The maximum atomic E-state index is 9.02. The SMILES string of the molecule is Cc1cccc(-c2nc3n(c2-c2ccnc(OCCO)c2)C2CCC3C2)n1.